The van der Waals surface area contributed by atoms with E-state index >= 15 is 0 Å². The van der Waals surface area contributed by atoms with Crippen LogP contribution in [0.5, 0.6) is 0 Å². The Morgan fingerprint density at radius 1 is 1.25 bits per heavy atom. The highest BCUT2D eigenvalue weighted by atomic mass is 79.9. The minimum Gasteiger partial charge on any atom is -0.384 e. The fourth-order valence-electron chi connectivity index (χ4n) is 3.15. The minimum absolute atomic E-state index is 0.794. The van der Waals surface area contributed by atoms with Gasteiger partial charge >= 0.3 is 0 Å². The van der Waals surface area contributed by atoms with Crippen LogP contribution >= 0.6 is 15.9 Å². The molecule has 1 aromatic rings. The molecule has 0 saturated heterocycles. The lowest BCUT2D eigenvalue weighted by Crippen LogP contribution is -2.37. The predicted molar refractivity (Wildman–Crippen MR) is 91.3 cm³/mol. The third kappa shape index (κ3) is 4.78. The molecule has 0 aliphatic heterocycles. The van der Waals surface area contributed by atoms with E-state index in [1.54, 1.807) is 0 Å². The molecule has 112 valence electrons. The molecule has 0 bridgehead atoms. The summed E-state index contributed by atoms with van der Waals surface area (Å²) < 4.78 is 1.13. The molecule has 0 aromatic heterocycles. The SMILES string of the molecule is CCC1CCC(N(C)CCNc2cccc(Br)c2)CC1. The van der Waals surface area contributed by atoms with Crippen LogP contribution in [0.1, 0.15) is 39.0 Å². The number of likely N-dealkylation sites (N-methyl/N-ethyl adjacent to an activating group) is 1. The van der Waals surface area contributed by atoms with Crippen molar-refractivity contribution in [1.29, 1.82) is 0 Å². The molecule has 1 N–H and O–H groups in total. The number of anilines is 1. The van der Waals surface area contributed by atoms with Gasteiger partial charge in [0.1, 0.15) is 0 Å². The second-order valence-corrected chi connectivity index (χ2v) is 6.92. The molecule has 1 aliphatic rings. The summed E-state index contributed by atoms with van der Waals surface area (Å²) in [6, 6.07) is 9.18. The molecule has 2 rings (SSSR count). The van der Waals surface area contributed by atoms with E-state index in [9.17, 15) is 0 Å². The lowest BCUT2D eigenvalue weighted by molar-refractivity contribution is 0.168. The average molecular weight is 339 g/mol. The summed E-state index contributed by atoms with van der Waals surface area (Å²) in [5.41, 5.74) is 1.20. The second kappa shape index (κ2) is 8.04. The summed E-state index contributed by atoms with van der Waals surface area (Å²) >= 11 is 3.51. The molecule has 20 heavy (non-hydrogen) atoms. The normalized spacial score (nSPS) is 23.0. The first kappa shape index (κ1) is 15.8. The first-order chi connectivity index (χ1) is 9.69. The average Bonchev–Trinajstić information content (AvgIpc) is 2.47. The fourth-order valence-corrected chi connectivity index (χ4v) is 3.55. The van der Waals surface area contributed by atoms with Gasteiger partial charge in [0.25, 0.3) is 0 Å². The molecule has 0 amide bonds. The standard InChI is InChI=1S/C17H27BrN2/c1-3-14-7-9-17(10-8-14)20(2)12-11-19-16-6-4-5-15(18)13-16/h4-6,13-14,17,19H,3,7-12H2,1-2H3. The lowest BCUT2D eigenvalue weighted by Gasteiger charge is -2.34. The Labute approximate surface area is 132 Å². The number of nitrogens with one attached hydrogen (secondary N) is 1. The van der Waals surface area contributed by atoms with Gasteiger partial charge < -0.3 is 10.2 Å². The van der Waals surface area contributed by atoms with Crippen LogP contribution in [-0.4, -0.2) is 31.1 Å². The Morgan fingerprint density at radius 2 is 2.00 bits per heavy atom. The van der Waals surface area contributed by atoms with Crippen LogP contribution in [0.25, 0.3) is 0 Å². The maximum absolute atomic E-state index is 3.51. The minimum atomic E-state index is 0.794. The Kier molecular flexibility index (Phi) is 6.37. The molecule has 0 spiro atoms. The smallest absolute Gasteiger partial charge is 0.0351 e. The first-order valence-electron chi connectivity index (χ1n) is 7.88. The third-order valence-corrected chi connectivity index (χ3v) is 5.13. The van der Waals surface area contributed by atoms with Gasteiger partial charge in [-0.05, 0) is 56.8 Å². The highest BCUT2D eigenvalue weighted by Crippen LogP contribution is 2.28. The van der Waals surface area contributed by atoms with E-state index in [4.69, 9.17) is 0 Å². The highest BCUT2D eigenvalue weighted by molar-refractivity contribution is 9.10. The van der Waals surface area contributed by atoms with Crippen molar-refractivity contribution in [1.82, 2.24) is 4.90 Å². The van der Waals surface area contributed by atoms with Gasteiger partial charge in [-0.25, -0.2) is 0 Å². The molecule has 1 aromatic carbocycles. The van der Waals surface area contributed by atoms with E-state index in [2.05, 4.69) is 64.4 Å². The zero-order valence-electron chi connectivity index (χ0n) is 12.7. The van der Waals surface area contributed by atoms with Crippen LogP contribution in [0, 0.1) is 5.92 Å². The Balaban J connectivity index is 1.69. The molecule has 3 heteroatoms. The van der Waals surface area contributed by atoms with Crippen molar-refractivity contribution in [3.63, 3.8) is 0 Å². The maximum Gasteiger partial charge on any atom is 0.0351 e. The van der Waals surface area contributed by atoms with E-state index in [1.807, 2.05) is 0 Å². The number of hydrogen-bond donors (Lipinski definition) is 1. The fraction of sp³-hybridized carbons (Fsp3) is 0.647. The van der Waals surface area contributed by atoms with Crippen molar-refractivity contribution < 1.29 is 0 Å². The zero-order valence-corrected chi connectivity index (χ0v) is 14.3. The van der Waals surface area contributed by atoms with E-state index < -0.39 is 0 Å². The summed E-state index contributed by atoms with van der Waals surface area (Å²) in [7, 11) is 2.28. The van der Waals surface area contributed by atoms with Crippen molar-refractivity contribution in [3.8, 4) is 0 Å². The molecule has 0 heterocycles. The zero-order chi connectivity index (χ0) is 14.4. The summed E-state index contributed by atoms with van der Waals surface area (Å²) in [6.07, 6.45) is 6.97. The van der Waals surface area contributed by atoms with Gasteiger partial charge in [-0.3, -0.25) is 0 Å². The number of hydrogen-bond acceptors (Lipinski definition) is 2. The largest absolute Gasteiger partial charge is 0.384 e. The van der Waals surface area contributed by atoms with Gasteiger partial charge in [0.05, 0.1) is 0 Å². The molecule has 1 fully saturated rings. The van der Waals surface area contributed by atoms with Crippen LogP contribution < -0.4 is 5.32 Å². The summed E-state index contributed by atoms with van der Waals surface area (Å²) in [5.74, 6) is 0.986. The van der Waals surface area contributed by atoms with Gasteiger partial charge in [-0.1, -0.05) is 35.3 Å². The van der Waals surface area contributed by atoms with Gasteiger partial charge in [0.15, 0.2) is 0 Å². The Bertz CT molecular complexity index is 400. The molecule has 1 aliphatic carbocycles. The van der Waals surface area contributed by atoms with E-state index in [1.165, 1.54) is 37.8 Å². The van der Waals surface area contributed by atoms with Gasteiger partial charge in [0, 0.05) is 29.3 Å². The summed E-state index contributed by atoms with van der Waals surface area (Å²) in [5, 5.41) is 3.50. The highest BCUT2D eigenvalue weighted by Gasteiger charge is 2.22. The molecule has 0 unspecified atom stereocenters. The number of nitrogens with zero attached hydrogens (tertiary/aromatic N) is 1. The van der Waals surface area contributed by atoms with Crippen LogP contribution in [0.15, 0.2) is 28.7 Å². The van der Waals surface area contributed by atoms with E-state index in [0.29, 0.717) is 0 Å². The Hall–Kier alpha value is -0.540. The quantitative estimate of drug-likeness (QED) is 0.804. The predicted octanol–water partition coefficient (Wildman–Crippen LogP) is 4.76. The van der Waals surface area contributed by atoms with Gasteiger partial charge in [-0.15, -0.1) is 0 Å². The number of rotatable bonds is 6. The topological polar surface area (TPSA) is 15.3 Å². The van der Waals surface area contributed by atoms with Crippen LogP contribution in [0.2, 0.25) is 0 Å². The molecule has 1 saturated carbocycles. The monoisotopic (exact) mass is 338 g/mol. The lowest BCUT2D eigenvalue weighted by atomic mass is 9.84. The molecular weight excluding hydrogens is 312 g/mol. The summed E-state index contributed by atoms with van der Waals surface area (Å²) in [4.78, 5) is 2.54. The van der Waals surface area contributed by atoms with Crippen molar-refractivity contribution in [3.05, 3.63) is 28.7 Å². The van der Waals surface area contributed by atoms with Crippen molar-refractivity contribution >= 4 is 21.6 Å². The maximum atomic E-state index is 3.51. The molecule has 0 radical (unpaired) electrons. The number of benzene rings is 1. The molecule has 0 atom stereocenters. The van der Waals surface area contributed by atoms with Crippen LogP contribution in [0.4, 0.5) is 5.69 Å². The first-order valence-corrected chi connectivity index (χ1v) is 8.68. The van der Waals surface area contributed by atoms with Crippen LogP contribution in [-0.2, 0) is 0 Å². The van der Waals surface area contributed by atoms with Crippen molar-refractivity contribution in [2.45, 2.75) is 45.1 Å². The van der Waals surface area contributed by atoms with Gasteiger partial charge in [0.2, 0.25) is 0 Å². The van der Waals surface area contributed by atoms with Crippen molar-refractivity contribution in [2.75, 3.05) is 25.5 Å². The van der Waals surface area contributed by atoms with E-state index in [0.717, 1.165) is 29.5 Å². The van der Waals surface area contributed by atoms with E-state index in [-0.39, 0.29) is 0 Å². The van der Waals surface area contributed by atoms with Crippen molar-refractivity contribution in [2.24, 2.45) is 5.92 Å². The molecule has 2 nitrogen and oxygen atoms in total. The summed E-state index contributed by atoms with van der Waals surface area (Å²) in [6.45, 7) is 4.46. The van der Waals surface area contributed by atoms with Crippen LogP contribution in [0.3, 0.4) is 0 Å². The second-order valence-electron chi connectivity index (χ2n) is 6.00. The number of halogens is 1. The third-order valence-electron chi connectivity index (χ3n) is 4.64. The van der Waals surface area contributed by atoms with Gasteiger partial charge in [-0.2, -0.15) is 0 Å². The molecular formula is C17H27BrN2. The Morgan fingerprint density at radius 3 is 2.65 bits per heavy atom.